The summed E-state index contributed by atoms with van der Waals surface area (Å²) < 4.78 is 4.96. The first-order valence-corrected chi connectivity index (χ1v) is 6.78. The minimum atomic E-state index is -2.14. The molecular formula is C17H18O4. The van der Waals surface area contributed by atoms with Crippen molar-refractivity contribution in [3.63, 3.8) is 0 Å². The van der Waals surface area contributed by atoms with Gasteiger partial charge >= 0.3 is 5.97 Å². The first-order valence-electron chi connectivity index (χ1n) is 6.78. The van der Waals surface area contributed by atoms with E-state index in [2.05, 4.69) is 0 Å². The number of carbonyl (C=O) groups excluding carboxylic acids is 1. The van der Waals surface area contributed by atoms with Crippen molar-refractivity contribution in [3.8, 4) is 0 Å². The van der Waals surface area contributed by atoms with Gasteiger partial charge in [-0.15, -0.1) is 0 Å². The Bertz CT molecular complexity index is 582. The third-order valence-corrected chi connectivity index (χ3v) is 3.31. The summed E-state index contributed by atoms with van der Waals surface area (Å²) in [5.41, 5.74) is -1.41. The molecule has 2 N–H and O–H groups in total. The van der Waals surface area contributed by atoms with Crippen molar-refractivity contribution >= 4 is 5.97 Å². The number of hydrogen-bond donors (Lipinski definition) is 2. The van der Waals surface area contributed by atoms with Gasteiger partial charge in [-0.2, -0.15) is 0 Å². The molecule has 4 heteroatoms. The average molecular weight is 286 g/mol. The zero-order chi connectivity index (χ0) is 15.3. The lowest BCUT2D eigenvalue weighted by atomic mass is 9.84. The van der Waals surface area contributed by atoms with Crippen LogP contribution >= 0.6 is 0 Å². The first kappa shape index (κ1) is 15.2. The first-order chi connectivity index (χ1) is 10.1. The Morgan fingerprint density at radius 3 is 2.14 bits per heavy atom. The molecule has 0 aliphatic carbocycles. The molecule has 0 aliphatic rings. The fourth-order valence-corrected chi connectivity index (χ4v) is 2.20. The summed E-state index contributed by atoms with van der Waals surface area (Å²) in [4.78, 5) is 12.2. The molecule has 0 saturated carbocycles. The fraction of sp³-hybridized carbons (Fsp3) is 0.235. The summed E-state index contributed by atoms with van der Waals surface area (Å²) >= 11 is 0. The van der Waals surface area contributed by atoms with Gasteiger partial charge in [0.15, 0.2) is 0 Å². The minimum Gasteiger partial charge on any atom is -0.464 e. The van der Waals surface area contributed by atoms with Gasteiger partial charge in [0.1, 0.15) is 6.10 Å². The summed E-state index contributed by atoms with van der Waals surface area (Å²) in [5.74, 6) is -0.868. The van der Waals surface area contributed by atoms with Gasteiger partial charge in [-0.25, -0.2) is 4.79 Å². The van der Waals surface area contributed by atoms with E-state index >= 15 is 0 Å². The third kappa shape index (κ3) is 2.96. The van der Waals surface area contributed by atoms with Gasteiger partial charge in [0, 0.05) is 0 Å². The molecule has 2 atom stereocenters. The van der Waals surface area contributed by atoms with E-state index in [1.807, 2.05) is 0 Å². The summed E-state index contributed by atoms with van der Waals surface area (Å²) in [6, 6.07) is 16.9. The van der Waals surface area contributed by atoms with Crippen molar-refractivity contribution < 1.29 is 19.7 Å². The standard InChI is InChI=1S/C17H18O4/c1-2-21-16(19)17(20,14-11-7-4-8-12-14)15(18)13-9-5-3-6-10-13/h3-12,15,18,20H,2H2,1H3. The van der Waals surface area contributed by atoms with Gasteiger partial charge in [0.2, 0.25) is 5.60 Å². The van der Waals surface area contributed by atoms with E-state index in [1.54, 1.807) is 67.6 Å². The SMILES string of the molecule is CCOC(=O)C(O)(c1ccccc1)C(O)c1ccccc1. The number of esters is 1. The van der Waals surface area contributed by atoms with Crippen LogP contribution in [0, 0.1) is 0 Å². The molecule has 2 unspecified atom stereocenters. The molecule has 110 valence electrons. The molecule has 0 amide bonds. The molecular weight excluding hydrogens is 268 g/mol. The molecule has 21 heavy (non-hydrogen) atoms. The Hall–Kier alpha value is -2.17. The molecule has 0 spiro atoms. The van der Waals surface area contributed by atoms with Crippen LogP contribution in [0.4, 0.5) is 0 Å². The molecule has 0 saturated heterocycles. The van der Waals surface area contributed by atoms with Gasteiger partial charge in [-0.1, -0.05) is 60.7 Å². The second-order valence-electron chi connectivity index (χ2n) is 4.67. The van der Waals surface area contributed by atoms with Crippen molar-refractivity contribution in [1.82, 2.24) is 0 Å². The van der Waals surface area contributed by atoms with Crippen LogP contribution in [0.15, 0.2) is 60.7 Å². The zero-order valence-corrected chi connectivity index (χ0v) is 11.8. The summed E-state index contributed by atoms with van der Waals surface area (Å²) in [6.07, 6.45) is -1.42. The fourth-order valence-electron chi connectivity index (χ4n) is 2.20. The Labute approximate surface area is 123 Å². The highest BCUT2D eigenvalue weighted by Crippen LogP contribution is 2.36. The van der Waals surface area contributed by atoms with Crippen molar-refractivity contribution in [2.45, 2.75) is 18.6 Å². The molecule has 2 rings (SSSR count). The molecule has 0 fully saturated rings. The van der Waals surface area contributed by atoms with Crippen LogP contribution < -0.4 is 0 Å². The Morgan fingerprint density at radius 1 is 1.10 bits per heavy atom. The molecule has 4 nitrogen and oxygen atoms in total. The van der Waals surface area contributed by atoms with Gasteiger partial charge in [0.05, 0.1) is 6.61 Å². The lowest BCUT2D eigenvalue weighted by molar-refractivity contribution is -0.181. The maximum Gasteiger partial charge on any atom is 0.346 e. The molecule has 0 bridgehead atoms. The van der Waals surface area contributed by atoms with Crippen molar-refractivity contribution in [2.24, 2.45) is 0 Å². The summed E-state index contributed by atoms with van der Waals surface area (Å²) in [5, 5.41) is 21.4. The number of ether oxygens (including phenoxy) is 1. The maximum absolute atomic E-state index is 12.2. The normalized spacial score (nSPS) is 15.0. The van der Waals surface area contributed by atoms with Crippen LogP contribution in [-0.2, 0) is 15.1 Å². The van der Waals surface area contributed by atoms with E-state index in [1.165, 1.54) is 0 Å². The smallest absolute Gasteiger partial charge is 0.346 e. The van der Waals surface area contributed by atoms with Crippen molar-refractivity contribution in [3.05, 3.63) is 71.8 Å². The molecule has 0 aliphatic heterocycles. The van der Waals surface area contributed by atoms with Crippen molar-refractivity contribution in [2.75, 3.05) is 6.61 Å². The Balaban J connectivity index is 2.48. The topological polar surface area (TPSA) is 66.8 Å². The Morgan fingerprint density at radius 2 is 1.62 bits per heavy atom. The van der Waals surface area contributed by atoms with Gasteiger partial charge in [-0.3, -0.25) is 0 Å². The van der Waals surface area contributed by atoms with Crippen LogP contribution in [0.2, 0.25) is 0 Å². The zero-order valence-electron chi connectivity index (χ0n) is 11.8. The monoisotopic (exact) mass is 286 g/mol. The Kier molecular flexibility index (Phi) is 4.73. The van der Waals surface area contributed by atoms with Crippen LogP contribution in [0.5, 0.6) is 0 Å². The molecule has 2 aromatic carbocycles. The highest BCUT2D eigenvalue weighted by molar-refractivity contribution is 5.82. The van der Waals surface area contributed by atoms with E-state index in [0.717, 1.165) is 0 Å². The van der Waals surface area contributed by atoms with E-state index in [0.29, 0.717) is 11.1 Å². The molecule has 0 aromatic heterocycles. The predicted molar refractivity (Wildman–Crippen MR) is 78.4 cm³/mol. The van der Waals surface area contributed by atoms with E-state index in [9.17, 15) is 15.0 Å². The minimum absolute atomic E-state index is 0.121. The number of aliphatic hydroxyl groups excluding tert-OH is 1. The largest absolute Gasteiger partial charge is 0.464 e. The number of benzene rings is 2. The van der Waals surface area contributed by atoms with Gasteiger partial charge in [0.25, 0.3) is 0 Å². The number of rotatable bonds is 5. The van der Waals surface area contributed by atoms with E-state index in [-0.39, 0.29) is 6.61 Å². The van der Waals surface area contributed by atoms with Crippen LogP contribution in [-0.4, -0.2) is 22.8 Å². The quantitative estimate of drug-likeness (QED) is 0.827. The van der Waals surface area contributed by atoms with E-state index in [4.69, 9.17) is 4.74 Å². The van der Waals surface area contributed by atoms with Crippen molar-refractivity contribution in [1.29, 1.82) is 0 Å². The average Bonchev–Trinajstić information content (AvgIpc) is 2.55. The van der Waals surface area contributed by atoms with Crippen LogP contribution in [0.1, 0.15) is 24.2 Å². The van der Waals surface area contributed by atoms with Crippen LogP contribution in [0.25, 0.3) is 0 Å². The molecule has 0 radical (unpaired) electrons. The number of aliphatic hydroxyl groups is 2. The summed E-state index contributed by atoms with van der Waals surface area (Å²) in [7, 11) is 0. The number of carbonyl (C=O) groups is 1. The second-order valence-corrected chi connectivity index (χ2v) is 4.67. The summed E-state index contributed by atoms with van der Waals surface area (Å²) in [6.45, 7) is 1.77. The highest BCUT2D eigenvalue weighted by atomic mass is 16.6. The predicted octanol–water partition coefficient (Wildman–Crippen LogP) is 2.17. The van der Waals surface area contributed by atoms with Crippen LogP contribution in [0.3, 0.4) is 0 Å². The lowest BCUT2D eigenvalue weighted by Gasteiger charge is -2.31. The lowest BCUT2D eigenvalue weighted by Crippen LogP contribution is -2.43. The highest BCUT2D eigenvalue weighted by Gasteiger charge is 2.47. The molecule has 0 heterocycles. The third-order valence-electron chi connectivity index (χ3n) is 3.31. The molecule has 2 aromatic rings. The van der Waals surface area contributed by atoms with Gasteiger partial charge < -0.3 is 14.9 Å². The van der Waals surface area contributed by atoms with Gasteiger partial charge in [-0.05, 0) is 18.1 Å². The number of hydrogen-bond acceptors (Lipinski definition) is 4. The van der Waals surface area contributed by atoms with E-state index < -0.39 is 17.7 Å². The second kappa shape index (κ2) is 6.52. The maximum atomic E-state index is 12.2.